The molecule has 1 aliphatic rings. The van der Waals surface area contributed by atoms with Crippen LogP contribution in [-0.4, -0.2) is 28.2 Å². The third-order valence-electron chi connectivity index (χ3n) is 3.80. The molecule has 0 bridgehead atoms. The summed E-state index contributed by atoms with van der Waals surface area (Å²) in [6.45, 7) is 3.16. The number of hydrogen-bond donors (Lipinski definition) is 1. The quantitative estimate of drug-likeness (QED) is 0.783. The minimum absolute atomic E-state index is 0.0569. The van der Waals surface area contributed by atoms with Gasteiger partial charge in [0.25, 0.3) is 10.0 Å². The van der Waals surface area contributed by atoms with Crippen LogP contribution in [0.15, 0.2) is 27.7 Å². The Bertz CT molecular complexity index is 981. The summed E-state index contributed by atoms with van der Waals surface area (Å²) in [5, 5.41) is 8.10. The zero-order valence-corrected chi connectivity index (χ0v) is 13.5. The fraction of sp³-hybridized carbons (Fsp3) is 0.357. The monoisotopic (exact) mass is 333 g/mol. The highest BCUT2D eigenvalue weighted by Gasteiger charge is 2.29. The largest absolute Gasteiger partial charge is 0.360 e. The summed E-state index contributed by atoms with van der Waals surface area (Å²) >= 11 is 0. The van der Waals surface area contributed by atoms with E-state index in [4.69, 9.17) is 4.52 Å². The number of aryl methyl sites for hydroxylation is 2. The second kappa shape index (κ2) is 4.79. The van der Waals surface area contributed by atoms with E-state index < -0.39 is 10.0 Å². The number of fused-ring (bicyclic) bond motifs is 1. The Kier molecular flexibility index (Phi) is 2.95. The highest BCUT2D eigenvalue weighted by molar-refractivity contribution is 7.92. The fourth-order valence-corrected chi connectivity index (χ4v) is 3.96. The molecule has 3 heterocycles. The van der Waals surface area contributed by atoms with Crippen LogP contribution in [0.2, 0.25) is 0 Å². The van der Waals surface area contributed by atoms with Gasteiger partial charge < -0.3 is 4.52 Å². The fourth-order valence-electron chi connectivity index (χ4n) is 2.57. The van der Waals surface area contributed by atoms with Crippen LogP contribution in [-0.2, 0) is 10.0 Å². The van der Waals surface area contributed by atoms with Crippen molar-refractivity contribution in [1.29, 1.82) is 0 Å². The Balaban J connectivity index is 1.78. The first-order valence-electron chi connectivity index (χ1n) is 7.27. The van der Waals surface area contributed by atoms with Gasteiger partial charge in [0.2, 0.25) is 0 Å². The van der Waals surface area contributed by atoms with Crippen molar-refractivity contribution in [3.05, 3.63) is 35.6 Å². The lowest BCUT2D eigenvalue weighted by atomic mass is 10.4. The summed E-state index contributed by atoms with van der Waals surface area (Å²) in [5.41, 5.74) is 1.19. The summed E-state index contributed by atoms with van der Waals surface area (Å²) in [4.78, 5) is 4.53. The highest BCUT2D eigenvalue weighted by atomic mass is 32.2. The van der Waals surface area contributed by atoms with Gasteiger partial charge in [0.15, 0.2) is 22.1 Å². The molecule has 4 rings (SSSR count). The van der Waals surface area contributed by atoms with Gasteiger partial charge in [-0.3, -0.25) is 4.72 Å². The molecular formula is C14H15N5O3S. The highest BCUT2D eigenvalue weighted by Crippen LogP contribution is 2.38. The molecule has 0 aromatic carbocycles. The third kappa shape index (κ3) is 2.37. The predicted molar refractivity (Wildman–Crippen MR) is 81.7 cm³/mol. The molecule has 9 heteroatoms. The van der Waals surface area contributed by atoms with Crippen molar-refractivity contribution in [3.63, 3.8) is 0 Å². The Labute approximate surface area is 132 Å². The zero-order chi connectivity index (χ0) is 16.2. The molecule has 0 spiro atoms. The lowest BCUT2D eigenvalue weighted by Crippen LogP contribution is -2.15. The van der Waals surface area contributed by atoms with E-state index in [1.807, 2.05) is 0 Å². The average Bonchev–Trinajstić information content (AvgIpc) is 3.14. The van der Waals surface area contributed by atoms with Gasteiger partial charge in [-0.15, -0.1) is 0 Å². The van der Waals surface area contributed by atoms with Gasteiger partial charge in [-0.1, -0.05) is 5.16 Å². The van der Waals surface area contributed by atoms with Gasteiger partial charge in [0.1, 0.15) is 5.69 Å². The molecule has 0 unspecified atom stereocenters. The number of hydrogen-bond acceptors (Lipinski definition) is 6. The lowest BCUT2D eigenvalue weighted by Gasteiger charge is -2.07. The lowest BCUT2D eigenvalue weighted by molar-refractivity contribution is 0.390. The summed E-state index contributed by atoms with van der Waals surface area (Å²) in [6.07, 6.45) is 3.91. The number of nitrogens with zero attached hydrogens (tertiary/aromatic N) is 4. The van der Waals surface area contributed by atoms with Crippen LogP contribution < -0.4 is 4.72 Å². The van der Waals surface area contributed by atoms with Crippen LogP contribution in [0, 0.1) is 13.8 Å². The van der Waals surface area contributed by atoms with Gasteiger partial charge in [-0.2, -0.15) is 5.10 Å². The van der Waals surface area contributed by atoms with Gasteiger partial charge >= 0.3 is 0 Å². The van der Waals surface area contributed by atoms with Crippen LogP contribution >= 0.6 is 0 Å². The molecule has 1 saturated carbocycles. The van der Waals surface area contributed by atoms with E-state index in [0.29, 0.717) is 22.9 Å². The predicted octanol–water partition coefficient (Wildman–Crippen LogP) is 2.01. The molecular weight excluding hydrogens is 318 g/mol. The molecule has 1 N–H and O–H groups in total. The normalized spacial score (nSPS) is 15.2. The topological polar surface area (TPSA) is 102 Å². The molecule has 0 saturated heterocycles. The molecule has 0 atom stereocenters. The molecule has 1 aliphatic carbocycles. The van der Waals surface area contributed by atoms with Crippen LogP contribution in [0.3, 0.4) is 0 Å². The van der Waals surface area contributed by atoms with Crippen molar-refractivity contribution in [1.82, 2.24) is 19.8 Å². The summed E-state index contributed by atoms with van der Waals surface area (Å²) in [6, 6.07) is 3.39. The zero-order valence-electron chi connectivity index (χ0n) is 12.6. The number of rotatable bonds is 4. The van der Waals surface area contributed by atoms with Gasteiger partial charge in [0, 0.05) is 12.1 Å². The first-order valence-corrected chi connectivity index (χ1v) is 8.75. The van der Waals surface area contributed by atoms with Crippen molar-refractivity contribution < 1.29 is 12.9 Å². The molecule has 0 aliphatic heterocycles. The first kappa shape index (κ1) is 14.2. The number of anilines is 1. The Hall–Kier alpha value is -2.42. The molecule has 23 heavy (non-hydrogen) atoms. The Morgan fingerprint density at radius 3 is 2.78 bits per heavy atom. The number of pyridine rings is 1. The van der Waals surface area contributed by atoms with Crippen molar-refractivity contribution in [3.8, 4) is 0 Å². The SMILES string of the molecule is Cc1noc(C)c1S(=O)(=O)Nc1cccn2nc(C3CC3)nc12. The maximum Gasteiger partial charge on any atom is 0.267 e. The first-order chi connectivity index (χ1) is 11.0. The van der Waals surface area contributed by atoms with Gasteiger partial charge in [0.05, 0.1) is 5.69 Å². The van der Waals surface area contributed by atoms with Gasteiger partial charge in [-0.25, -0.2) is 17.9 Å². The Morgan fingerprint density at radius 2 is 2.13 bits per heavy atom. The molecule has 3 aromatic heterocycles. The maximum atomic E-state index is 12.6. The smallest absolute Gasteiger partial charge is 0.267 e. The van der Waals surface area contributed by atoms with Crippen molar-refractivity contribution in [2.45, 2.75) is 37.5 Å². The molecule has 8 nitrogen and oxygen atoms in total. The van der Waals surface area contributed by atoms with Crippen molar-refractivity contribution in [2.24, 2.45) is 0 Å². The second-order valence-corrected chi connectivity index (χ2v) is 7.31. The van der Waals surface area contributed by atoms with E-state index in [9.17, 15) is 8.42 Å². The van der Waals surface area contributed by atoms with Crippen LogP contribution in [0.25, 0.3) is 5.65 Å². The Morgan fingerprint density at radius 1 is 1.35 bits per heavy atom. The summed E-state index contributed by atoms with van der Waals surface area (Å²) in [5.74, 6) is 1.40. The minimum Gasteiger partial charge on any atom is -0.360 e. The molecule has 3 aromatic rings. The van der Waals surface area contributed by atoms with Crippen LogP contribution in [0.5, 0.6) is 0 Å². The van der Waals surface area contributed by atoms with Crippen LogP contribution in [0.1, 0.15) is 36.0 Å². The maximum absolute atomic E-state index is 12.6. The van der Waals surface area contributed by atoms with E-state index in [1.165, 1.54) is 0 Å². The number of sulfonamides is 1. The summed E-state index contributed by atoms with van der Waals surface area (Å²) in [7, 11) is -3.81. The van der Waals surface area contributed by atoms with E-state index in [0.717, 1.165) is 18.7 Å². The van der Waals surface area contributed by atoms with Crippen LogP contribution in [0.4, 0.5) is 5.69 Å². The molecule has 0 amide bonds. The van der Waals surface area contributed by atoms with Gasteiger partial charge in [-0.05, 0) is 38.8 Å². The van der Waals surface area contributed by atoms with E-state index in [-0.39, 0.29) is 10.7 Å². The second-order valence-electron chi connectivity index (χ2n) is 5.69. The number of nitrogens with one attached hydrogen (secondary N) is 1. The minimum atomic E-state index is -3.81. The van der Waals surface area contributed by atoms with Crippen molar-refractivity contribution >= 4 is 21.4 Å². The van der Waals surface area contributed by atoms with E-state index >= 15 is 0 Å². The molecule has 0 radical (unpaired) electrons. The third-order valence-corrected chi connectivity index (χ3v) is 5.41. The van der Waals surface area contributed by atoms with E-state index in [1.54, 1.807) is 36.7 Å². The van der Waals surface area contributed by atoms with E-state index in [2.05, 4.69) is 20.0 Å². The molecule has 120 valence electrons. The number of aromatic nitrogens is 4. The average molecular weight is 333 g/mol. The standard InChI is InChI=1S/C14H15N5O3S/c1-8-12(9(2)22-17-8)23(20,21)18-11-4-3-7-19-14(11)15-13(16-19)10-5-6-10/h3-4,7,10,18H,5-6H2,1-2H3. The summed E-state index contributed by atoms with van der Waals surface area (Å²) < 4.78 is 34.4. The molecule has 1 fully saturated rings. The van der Waals surface area contributed by atoms with Crippen molar-refractivity contribution in [2.75, 3.05) is 4.72 Å².